The summed E-state index contributed by atoms with van der Waals surface area (Å²) in [5, 5.41) is 7.44. The van der Waals surface area contributed by atoms with Gasteiger partial charge in [0.1, 0.15) is 16.5 Å². The van der Waals surface area contributed by atoms with Gasteiger partial charge in [-0.15, -0.1) is 11.3 Å². The third-order valence-corrected chi connectivity index (χ3v) is 5.83. The second-order valence-electron chi connectivity index (χ2n) is 6.21. The van der Waals surface area contributed by atoms with Gasteiger partial charge in [0.05, 0.1) is 37.1 Å². The molecular weight excluding hydrogens is 456 g/mol. The van der Waals surface area contributed by atoms with Crippen LogP contribution in [0.15, 0.2) is 48.5 Å². The molecule has 1 aromatic heterocycles. The quantitative estimate of drug-likeness (QED) is 0.316. The normalized spacial score (nSPS) is 10.3. The summed E-state index contributed by atoms with van der Waals surface area (Å²) in [7, 11) is 3.06. The highest BCUT2D eigenvalue weighted by molar-refractivity contribution is 7.80. The van der Waals surface area contributed by atoms with Crippen LogP contribution in [-0.2, 0) is 4.74 Å². The summed E-state index contributed by atoms with van der Waals surface area (Å²) >= 11 is 13.0. The zero-order valence-electron chi connectivity index (χ0n) is 17.2. The fraction of sp³-hybridized carbons (Fsp3) is 0.182. The molecule has 9 heteroatoms. The number of thiocarbonyl (C=S) groups is 1. The molecule has 0 saturated carbocycles. The molecule has 2 N–H and O–H groups in total. The molecule has 3 rings (SSSR count). The van der Waals surface area contributed by atoms with E-state index in [1.807, 2.05) is 30.3 Å². The molecule has 2 aromatic carbocycles. The first kappa shape index (κ1) is 22.9. The highest BCUT2D eigenvalue weighted by atomic mass is 35.5. The van der Waals surface area contributed by atoms with E-state index in [0.29, 0.717) is 32.8 Å². The smallest absolute Gasteiger partial charge is 0.341 e. The van der Waals surface area contributed by atoms with E-state index in [1.54, 1.807) is 25.1 Å². The number of methoxy groups -OCH3 is 2. The van der Waals surface area contributed by atoms with Gasteiger partial charge in [-0.25, -0.2) is 4.79 Å². The van der Waals surface area contributed by atoms with Crippen LogP contribution in [0.3, 0.4) is 0 Å². The van der Waals surface area contributed by atoms with Crippen LogP contribution in [0.5, 0.6) is 11.5 Å². The van der Waals surface area contributed by atoms with Crippen molar-refractivity contribution in [3.63, 3.8) is 0 Å². The van der Waals surface area contributed by atoms with Crippen LogP contribution >= 0.6 is 35.2 Å². The lowest BCUT2D eigenvalue weighted by Crippen LogP contribution is -2.20. The second kappa shape index (κ2) is 10.5. The number of hydrogen-bond donors (Lipinski definition) is 2. The predicted octanol–water partition coefficient (Wildman–Crippen LogP) is 6.07. The number of thiophene rings is 1. The van der Waals surface area contributed by atoms with Gasteiger partial charge < -0.3 is 24.8 Å². The van der Waals surface area contributed by atoms with Gasteiger partial charge in [0, 0.05) is 17.0 Å². The van der Waals surface area contributed by atoms with E-state index in [0.717, 1.165) is 10.4 Å². The van der Waals surface area contributed by atoms with Crippen molar-refractivity contribution < 1.29 is 19.0 Å². The van der Waals surface area contributed by atoms with Crippen molar-refractivity contribution in [2.45, 2.75) is 6.92 Å². The SMILES string of the molecule is CCOC(=O)c1cc(-c2ccccc2)sc1NC(=S)Nc1cc(OC)c(Cl)cc1OC. The standard InChI is InChI=1S/C22H21ClN2O4S2/c1-4-29-21(26)14-10-19(13-8-6-5-7-9-13)31-20(14)25-22(30)24-16-12-17(27-2)15(23)11-18(16)28-3/h5-12H,4H2,1-3H3,(H2,24,25,30). The number of hydrogen-bond acceptors (Lipinski definition) is 6. The van der Waals surface area contributed by atoms with Crippen LogP contribution in [0, 0.1) is 0 Å². The Bertz CT molecular complexity index is 1090. The Kier molecular flexibility index (Phi) is 7.73. The monoisotopic (exact) mass is 476 g/mol. The highest BCUT2D eigenvalue weighted by Gasteiger charge is 2.20. The highest BCUT2D eigenvalue weighted by Crippen LogP contribution is 2.38. The van der Waals surface area contributed by atoms with Gasteiger partial charge in [0.2, 0.25) is 0 Å². The number of ether oxygens (including phenoxy) is 3. The maximum absolute atomic E-state index is 12.5. The van der Waals surface area contributed by atoms with E-state index in [-0.39, 0.29) is 11.7 Å². The zero-order chi connectivity index (χ0) is 22.4. The summed E-state index contributed by atoms with van der Waals surface area (Å²) in [6.07, 6.45) is 0. The van der Waals surface area contributed by atoms with Crippen molar-refractivity contribution in [1.29, 1.82) is 0 Å². The van der Waals surface area contributed by atoms with Gasteiger partial charge in [-0.05, 0) is 30.8 Å². The number of halogens is 1. The number of carbonyl (C=O) groups is 1. The maximum atomic E-state index is 12.5. The van der Waals surface area contributed by atoms with Crippen molar-refractivity contribution >= 4 is 56.9 Å². The van der Waals surface area contributed by atoms with Gasteiger partial charge in [0.15, 0.2) is 5.11 Å². The molecule has 162 valence electrons. The molecule has 0 aliphatic heterocycles. The summed E-state index contributed by atoms with van der Waals surface area (Å²) < 4.78 is 15.8. The Morgan fingerprint density at radius 3 is 2.42 bits per heavy atom. The summed E-state index contributed by atoms with van der Waals surface area (Å²) in [6.45, 7) is 2.04. The Morgan fingerprint density at radius 1 is 1.06 bits per heavy atom. The molecule has 0 fully saturated rings. The number of rotatable bonds is 7. The largest absolute Gasteiger partial charge is 0.495 e. The molecule has 0 unspecified atom stereocenters. The van der Waals surface area contributed by atoms with Crippen molar-refractivity contribution in [3.8, 4) is 21.9 Å². The van der Waals surface area contributed by atoms with E-state index < -0.39 is 5.97 Å². The first-order valence-corrected chi connectivity index (χ1v) is 10.9. The minimum absolute atomic E-state index is 0.273. The molecule has 0 bridgehead atoms. The van der Waals surface area contributed by atoms with Crippen molar-refractivity contribution in [2.24, 2.45) is 0 Å². The topological polar surface area (TPSA) is 68.8 Å². The minimum atomic E-state index is -0.419. The number of nitrogens with one attached hydrogen (secondary N) is 2. The van der Waals surface area contributed by atoms with Gasteiger partial charge in [-0.2, -0.15) is 0 Å². The van der Waals surface area contributed by atoms with Crippen molar-refractivity contribution in [1.82, 2.24) is 0 Å². The molecule has 0 aliphatic carbocycles. The summed E-state index contributed by atoms with van der Waals surface area (Å²) in [5.74, 6) is 0.552. The van der Waals surface area contributed by atoms with Crippen molar-refractivity contribution in [2.75, 3.05) is 31.5 Å². The number of benzene rings is 2. The Morgan fingerprint density at radius 2 is 1.77 bits per heavy atom. The predicted molar refractivity (Wildman–Crippen MR) is 130 cm³/mol. The minimum Gasteiger partial charge on any atom is -0.495 e. The molecular formula is C22H21ClN2O4S2. The van der Waals surface area contributed by atoms with E-state index in [2.05, 4.69) is 10.6 Å². The molecule has 0 radical (unpaired) electrons. The van der Waals surface area contributed by atoms with Crippen LogP contribution in [0.2, 0.25) is 5.02 Å². The van der Waals surface area contributed by atoms with Gasteiger partial charge in [-0.3, -0.25) is 0 Å². The second-order valence-corrected chi connectivity index (χ2v) is 8.07. The molecule has 0 amide bonds. The number of esters is 1. The third kappa shape index (κ3) is 5.46. The van der Waals surface area contributed by atoms with E-state index in [1.165, 1.54) is 25.6 Å². The van der Waals surface area contributed by atoms with Gasteiger partial charge >= 0.3 is 5.97 Å². The van der Waals surface area contributed by atoms with Crippen LogP contribution in [0.4, 0.5) is 10.7 Å². The summed E-state index contributed by atoms with van der Waals surface area (Å²) in [5.41, 5.74) is 1.98. The van der Waals surface area contributed by atoms with Crippen LogP contribution in [0.1, 0.15) is 17.3 Å². The lowest BCUT2D eigenvalue weighted by molar-refractivity contribution is 0.0528. The van der Waals surface area contributed by atoms with Crippen LogP contribution in [0.25, 0.3) is 10.4 Å². The van der Waals surface area contributed by atoms with E-state index in [9.17, 15) is 4.79 Å². The van der Waals surface area contributed by atoms with Gasteiger partial charge in [-0.1, -0.05) is 41.9 Å². The van der Waals surface area contributed by atoms with Gasteiger partial charge in [0.25, 0.3) is 0 Å². The fourth-order valence-corrected chi connectivity index (χ4v) is 4.37. The summed E-state index contributed by atoms with van der Waals surface area (Å²) in [6, 6.07) is 14.9. The first-order valence-electron chi connectivity index (χ1n) is 9.32. The summed E-state index contributed by atoms with van der Waals surface area (Å²) in [4.78, 5) is 13.4. The molecule has 0 spiro atoms. The lowest BCUT2D eigenvalue weighted by Gasteiger charge is -2.15. The molecule has 3 aromatic rings. The van der Waals surface area contributed by atoms with E-state index in [4.69, 9.17) is 38.0 Å². The average molecular weight is 477 g/mol. The molecule has 1 heterocycles. The number of anilines is 2. The van der Waals surface area contributed by atoms with E-state index >= 15 is 0 Å². The molecule has 31 heavy (non-hydrogen) atoms. The average Bonchev–Trinajstić information content (AvgIpc) is 3.19. The zero-order valence-corrected chi connectivity index (χ0v) is 19.5. The Labute approximate surface area is 195 Å². The van der Waals surface area contributed by atoms with Crippen molar-refractivity contribution in [3.05, 3.63) is 59.1 Å². The van der Waals surface area contributed by atoms with Crippen LogP contribution in [-0.4, -0.2) is 31.9 Å². The molecule has 0 saturated heterocycles. The molecule has 6 nitrogen and oxygen atoms in total. The Balaban J connectivity index is 1.88. The fourth-order valence-electron chi connectivity index (χ4n) is 2.80. The maximum Gasteiger partial charge on any atom is 0.341 e. The number of carbonyl (C=O) groups excluding carboxylic acids is 1. The first-order chi connectivity index (χ1) is 15.0. The van der Waals surface area contributed by atoms with Crippen LogP contribution < -0.4 is 20.1 Å². The third-order valence-electron chi connectivity index (χ3n) is 4.23. The lowest BCUT2D eigenvalue weighted by atomic mass is 10.1. The molecule has 0 aliphatic rings. The Hall–Kier alpha value is -2.81. The molecule has 0 atom stereocenters.